The van der Waals surface area contributed by atoms with E-state index in [1.807, 2.05) is 54.6 Å². The van der Waals surface area contributed by atoms with Crippen molar-refractivity contribution in [3.05, 3.63) is 102 Å². The van der Waals surface area contributed by atoms with Crippen LogP contribution in [0.1, 0.15) is 10.4 Å². The van der Waals surface area contributed by atoms with Crippen molar-refractivity contribution in [1.82, 2.24) is 0 Å². The van der Waals surface area contributed by atoms with E-state index in [1.54, 1.807) is 53.5 Å². The number of carbonyl (C=O) groups is 1. The first-order valence-corrected chi connectivity index (χ1v) is 12.5. The van der Waals surface area contributed by atoms with Gasteiger partial charge in [-0.2, -0.15) is 0 Å². The fourth-order valence-corrected chi connectivity index (χ4v) is 5.75. The molecule has 5 nitrogen and oxygen atoms in total. The Labute approximate surface area is 189 Å². The van der Waals surface area contributed by atoms with Crippen LogP contribution in [0.25, 0.3) is 0 Å². The third kappa shape index (κ3) is 5.35. The largest absolute Gasteiger partial charge is 0.321 e. The molecule has 0 atom stereocenters. The minimum atomic E-state index is -3.62. The molecule has 0 aliphatic carbocycles. The molecule has 0 saturated heterocycles. The van der Waals surface area contributed by atoms with Crippen LogP contribution in [0.4, 0.5) is 11.4 Å². The van der Waals surface area contributed by atoms with Gasteiger partial charge in [-0.3, -0.25) is 9.52 Å². The number of amides is 1. The van der Waals surface area contributed by atoms with Gasteiger partial charge in [0.1, 0.15) is 4.21 Å². The van der Waals surface area contributed by atoms with Crippen LogP contribution in [0, 0.1) is 0 Å². The van der Waals surface area contributed by atoms with E-state index in [-0.39, 0.29) is 10.1 Å². The Morgan fingerprint density at radius 2 is 1.52 bits per heavy atom. The van der Waals surface area contributed by atoms with Crippen LogP contribution in [0.2, 0.25) is 0 Å². The number of hydrogen-bond acceptors (Lipinski definition) is 5. The summed E-state index contributed by atoms with van der Waals surface area (Å²) in [6.45, 7) is 0. The zero-order valence-electron chi connectivity index (χ0n) is 16.2. The lowest BCUT2D eigenvalue weighted by molar-refractivity contribution is 0.102. The number of thiophene rings is 1. The van der Waals surface area contributed by atoms with Crippen LogP contribution in [0.15, 0.2) is 110 Å². The van der Waals surface area contributed by atoms with E-state index in [2.05, 4.69) is 10.0 Å². The Morgan fingerprint density at radius 3 is 2.23 bits per heavy atom. The Balaban J connectivity index is 1.46. The van der Waals surface area contributed by atoms with E-state index in [0.29, 0.717) is 16.9 Å². The van der Waals surface area contributed by atoms with E-state index in [0.717, 1.165) is 21.1 Å². The highest BCUT2D eigenvalue weighted by molar-refractivity contribution is 7.99. The maximum atomic E-state index is 12.7. The van der Waals surface area contributed by atoms with Crippen LogP contribution >= 0.6 is 23.1 Å². The van der Waals surface area contributed by atoms with Gasteiger partial charge in [0.05, 0.1) is 5.69 Å². The molecule has 3 aromatic carbocycles. The fraction of sp³-hybridized carbons (Fsp3) is 0. The zero-order valence-corrected chi connectivity index (χ0v) is 18.6. The van der Waals surface area contributed by atoms with Crippen LogP contribution in [0.3, 0.4) is 0 Å². The summed E-state index contributed by atoms with van der Waals surface area (Å²) in [5.74, 6) is -0.270. The van der Waals surface area contributed by atoms with E-state index in [4.69, 9.17) is 0 Å². The Morgan fingerprint density at radius 1 is 0.806 bits per heavy atom. The van der Waals surface area contributed by atoms with Gasteiger partial charge in [-0.1, -0.05) is 48.2 Å². The molecule has 0 fully saturated rings. The number of sulfonamides is 1. The summed E-state index contributed by atoms with van der Waals surface area (Å²) in [6.07, 6.45) is 0. The SMILES string of the molecule is O=C(Nc1ccccc1Sc1ccccc1)c1ccc(NS(=O)(=O)c2cccs2)cc1. The van der Waals surface area contributed by atoms with Gasteiger partial charge in [0.15, 0.2) is 0 Å². The predicted molar refractivity (Wildman–Crippen MR) is 127 cm³/mol. The first-order valence-electron chi connectivity index (χ1n) is 9.31. The summed E-state index contributed by atoms with van der Waals surface area (Å²) in [6, 6.07) is 27.1. The topological polar surface area (TPSA) is 75.3 Å². The number of nitrogens with one attached hydrogen (secondary N) is 2. The monoisotopic (exact) mass is 466 g/mol. The molecule has 0 bridgehead atoms. The molecule has 0 radical (unpaired) electrons. The molecule has 156 valence electrons. The molecule has 0 unspecified atom stereocenters. The number of para-hydroxylation sites is 1. The lowest BCUT2D eigenvalue weighted by Crippen LogP contribution is -2.14. The number of anilines is 2. The van der Waals surface area contributed by atoms with Gasteiger partial charge < -0.3 is 5.32 Å². The average Bonchev–Trinajstić information content (AvgIpc) is 3.32. The van der Waals surface area contributed by atoms with Crippen molar-refractivity contribution in [2.75, 3.05) is 10.0 Å². The van der Waals surface area contributed by atoms with Gasteiger partial charge in [0.2, 0.25) is 0 Å². The predicted octanol–water partition coefficient (Wildman–Crippen LogP) is 5.95. The molecule has 31 heavy (non-hydrogen) atoms. The molecule has 4 aromatic rings. The lowest BCUT2D eigenvalue weighted by atomic mass is 10.2. The second kappa shape index (κ2) is 9.38. The molecule has 0 spiro atoms. The number of rotatable bonds is 7. The number of hydrogen-bond donors (Lipinski definition) is 2. The van der Waals surface area contributed by atoms with Crippen LogP contribution in [0.5, 0.6) is 0 Å². The van der Waals surface area contributed by atoms with Gasteiger partial charge in [-0.05, 0) is 60.0 Å². The smallest absolute Gasteiger partial charge is 0.271 e. The second-order valence-corrected chi connectivity index (χ2v) is 10.5. The quantitative estimate of drug-likeness (QED) is 0.353. The molecular weight excluding hydrogens is 448 g/mol. The molecular formula is C23H18N2O3S3. The first kappa shape index (κ1) is 21.2. The average molecular weight is 467 g/mol. The minimum Gasteiger partial charge on any atom is -0.321 e. The van der Waals surface area contributed by atoms with Crippen molar-refractivity contribution in [2.24, 2.45) is 0 Å². The molecule has 0 aliphatic heterocycles. The van der Waals surface area contributed by atoms with E-state index in [9.17, 15) is 13.2 Å². The standard InChI is InChI=1S/C23H18N2O3S3/c26-23(24-20-9-4-5-10-21(20)30-19-7-2-1-3-8-19)17-12-14-18(15-13-17)25-31(27,28)22-11-6-16-29-22/h1-16,25H,(H,24,26). The zero-order chi connectivity index (χ0) is 21.7. The van der Waals surface area contributed by atoms with Crippen LogP contribution in [-0.4, -0.2) is 14.3 Å². The van der Waals surface area contributed by atoms with Crippen molar-refractivity contribution >= 4 is 50.4 Å². The van der Waals surface area contributed by atoms with Crippen molar-refractivity contribution in [1.29, 1.82) is 0 Å². The summed E-state index contributed by atoms with van der Waals surface area (Å²) in [5, 5.41) is 4.64. The van der Waals surface area contributed by atoms with Gasteiger partial charge in [-0.25, -0.2) is 8.42 Å². The van der Waals surface area contributed by atoms with E-state index in [1.165, 1.54) is 0 Å². The van der Waals surface area contributed by atoms with Gasteiger partial charge >= 0.3 is 0 Å². The van der Waals surface area contributed by atoms with Crippen molar-refractivity contribution < 1.29 is 13.2 Å². The molecule has 1 heterocycles. The van der Waals surface area contributed by atoms with Crippen molar-refractivity contribution in [3.8, 4) is 0 Å². The summed E-state index contributed by atoms with van der Waals surface area (Å²) in [5.41, 5.74) is 1.53. The third-order valence-electron chi connectivity index (χ3n) is 4.27. The highest BCUT2D eigenvalue weighted by Crippen LogP contribution is 2.33. The number of benzene rings is 3. The van der Waals surface area contributed by atoms with Crippen molar-refractivity contribution in [3.63, 3.8) is 0 Å². The highest BCUT2D eigenvalue weighted by Gasteiger charge is 2.16. The van der Waals surface area contributed by atoms with E-state index >= 15 is 0 Å². The minimum absolute atomic E-state index is 0.238. The van der Waals surface area contributed by atoms with Crippen LogP contribution in [-0.2, 0) is 10.0 Å². The molecule has 1 amide bonds. The summed E-state index contributed by atoms with van der Waals surface area (Å²) >= 11 is 2.71. The Hall–Kier alpha value is -3.07. The first-order chi connectivity index (χ1) is 15.0. The Kier molecular flexibility index (Phi) is 6.41. The molecule has 0 aliphatic rings. The van der Waals surface area contributed by atoms with E-state index < -0.39 is 10.0 Å². The second-order valence-electron chi connectivity index (χ2n) is 6.48. The lowest BCUT2D eigenvalue weighted by Gasteiger charge is -2.11. The third-order valence-corrected chi connectivity index (χ3v) is 8.13. The summed E-state index contributed by atoms with van der Waals surface area (Å²) in [4.78, 5) is 14.8. The van der Waals surface area contributed by atoms with Gasteiger partial charge in [-0.15, -0.1) is 11.3 Å². The highest BCUT2D eigenvalue weighted by atomic mass is 32.2. The fourth-order valence-electron chi connectivity index (χ4n) is 2.78. The van der Waals surface area contributed by atoms with Crippen molar-refractivity contribution in [2.45, 2.75) is 14.0 Å². The normalized spacial score (nSPS) is 11.1. The van der Waals surface area contributed by atoms with Crippen LogP contribution < -0.4 is 10.0 Å². The maximum Gasteiger partial charge on any atom is 0.271 e. The molecule has 4 rings (SSSR count). The maximum absolute atomic E-state index is 12.7. The van der Waals surface area contributed by atoms with Gasteiger partial charge in [0, 0.05) is 21.0 Å². The molecule has 8 heteroatoms. The Bertz CT molecular complexity index is 1270. The molecule has 0 saturated carbocycles. The summed E-state index contributed by atoms with van der Waals surface area (Å²) < 4.78 is 27.4. The molecule has 1 aromatic heterocycles. The number of carbonyl (C=O) groups excluding carboxylic acids is 1. The molecule has 2 N–H and O–H groups in total. The van der Waals surface area contributed by atoms with Gasteiger partial charge in [0.25, 0.3) is 15.9 Å². The summed E-state index contributed by atoms with van der Waals surface area (Å²) in [7, 11) is -3.62.